The van der Waals surface area contributed by atoms with Crippen LogP contribution in [0.5, 0.6) is 5.75 Å². The Bertz CT molecular complexity index is 358. The molecular weight excluding hydrogens is 200 g/mol. The van der Waals surface area contributed by atoms with Crippen LogP contribution in [0.4, 0.5) is 0 Å². The average molecular weight is 220 g/mol. The van der Waals surface area contributed by atoms with Gasteiger partial charge in [0.05, 0.1) is 12.2 Å². The molecule has 16 heavy (non-hydrogen) atoms. The first kappa shape index (κ1) is 11.5. The van der Waals surface area contributed by atoms with Crippen LogP contribution < -0.4 is 4.74 Å². The van der Waals surface area contributed by atoms with Gasteiger partial charge in [-0.15, -0.1) is 0 Å². The fourth-order valence-corrected chi connectivity index (χ4v) is 2.25. The van der Waals surface area contributed by atoms with Gasteiger partial charge in [-0.1, -0.05) is 18.2 Å². The molecule has 1 saturated carbocycles. The van der Waals surface area contributed by atoms with E-state index in [1.807, 2.05) is 39.0 Å². The number of para-hydroxylation sites is 1. The second kappa shape index (κ2) is 4.46. The summed E-state index contributed by atoms with van der Waals surface area (Å²) in [6.45, 7) is 5.95. The van der Waals surface area contributed by atoms with Crippen molar-refractivity contribution in [1.82, 2.24) is 0 Å². The standard InChI is InChI=1S/C14H20O2/c1-9(2)16-14-7-5-4-6-11(14)13-8-12(13)10(3)15/h4-7,9-10,12-13,15H,8H2,1-3H3. The lowest BCUT2D eigenvalue weighted by atomic mass is 10.1. The zero-order valence-corrected chi connectivity index (χ0v) is 10.2. The lowest BCUT2D eigenvalue weighted by molar-refractivity contribution is 0.168. The van der Waals surface area contributed by atoms with Gasteiger partial charge in [0.2, 0.25) is 0 Å². The number of hydrogen-bond acceptors (Lipinski definition) is 2. The smallest absolute Gasteiger partial charge is 0.123 e. The Balaban J connectivity index is 2.15. The van der Waals surface area contributed by atoms with E-state index in [2.05, 4.69) is 6.07 Å². The van der Waals surface area contributed by atoms with Gasteiger partial charge >= 0.3 is 0 Å². The van der Waals surface area contributed by atoms with Crippen LogP contribution in [0.15, 0.2) is 24.3 Å². The normalized spacial score (nSPS) is 25.6. The van der Waals surface area contributed by atoms with E-state index in [0.29, 0.717) is 11.8 Å². The molecule has 0 aliphatic heterocycles. The van der Waals surface area contributed by atoms with Crippen molar-refractivity contribution in [2.24, 2.45) is 5.92 Å². The predicted molar refractivity (Wildman–Crippen MR) is 64.7 cm³/mol. The van der Waals surface area contributed by atoms with E-state index in [1.165, 1.54) is 5.56 Å². The first-order chi connectivity index (χ1) is 7.59. The summed E-state index contributed by atoms with van der Waals surface area (Å²) in [6, 6.07) is 8.18. The van der Waals surface area contributed by atoms with Crippen molar-refractivity contribution in [1.29, 1.82) is 0 Å². The van der Waals surface area contributed by atoms with Crippen molar-refractivity contribution in [3.8, 4) is 5.75 Å². The first-order valence-corrected chi connectivity index (χ1v) is 6.03. The number of rotatable bonds is 4. The zero-order chi connectivity index (χ0) is 11.7. The number of benzene rings is 1. The molecule has 2 heteroatoms. The van der Waals surface area contributed by atoms with E-state index in [1.54, 1.807) is 0 Å². The maximum Gasteiger partial charge on any atom is 0.123 e. The highest BCUT2D eigenvalue weighted by molar-refractivity contribution is 5.40. The lowest BCUT2D eigenvalue weighted by Crippen LogP contribution is -2.08. The predicted octanol–water partition coefficient (Wildman–Crippen LogP) is 2.96. The van der Waals surface area contributed by atoms with Gasteiger partial charge in [0.25, 0.3) is 0 Å². The quantitative estimate of drug-likeness (QED) is 0.845. The summed E-state index contributed by atoms with van der Waals surface area (Å²) in [4.78, 5) is 0. The van der Waals surface area contributed by atoms with E-state index in [0.717, 1.165) is 12.2 Å². The maximum absolute atomic E-state index is 9.56. The van der Waals surface area contributed by atoms with Gasteiger partial charge in [-0.25, -0.2) is 0 Å². The highest BCUT2D eigenvalue weighted by atomic mass is 16.5. The molecule has 0 amide bonds. The van der Waals surface area contributed by atoms with Crippen molar-refractivity contribution < 1.29 is 9.84 Å². The second-order valence-electron chi connectivity index (χ2n) is 4.95. The van der Waals surface area contributed by atoms with Gasteiger partial charge in [0.1, 0.15) is 5.75 Å². The number of hydrogen-bond donors (Lipinski definition) is 1. The van der Waals surface area contributed by atoms with Crippen LogP contribution in [-0.4, -0.2) is 17.3 Å². The molecule has 0 bridgehead atoms. The van der Waals surface area contributed by atoms with Gasteiger partial charge in [-0.3, -0.25) is 0 Å². The SMILES string of the molecule is CC(C)Oc1ccccc1C1CC1C(C)O. The van der Waals surface area contributed by atoms with Gasteiger partial charge in [-0.05, 0) is 50.7 Å². The Labute approximate surface area is 97.3 Å². The summed E-state index contributed by atoms with van der Waals surface area (Å²) in [7, 11) is 0. The molecule has 3 unspecified atom stereocenters. The Kier molecular flexibility index (Phi) is 3.20. The van der Waals surface area contributed by atoms with Crippen LogP contribution in [0.3, 0.4) is 0 Å². The minimum atomic E-state index is -0.211. The van der Waals surface area contributed by atoms with Crippen molar-refractivity contribution in [2.45, 2.75) is 45.3 Å². The topological polar surface area (TPSA) is 29.5 Å². The highest BCUT2D eigenvalue weighted by Gasteiger charge is 2.42. The molecule has 0 saturated heterocycles. The molecule has 2 rings (SSSR count). The number of ether oxygens (including phenoxy) is 1. The number of aliphatic hydroxyl groups is 1. The zero-order valence-electron chi connectivity index (χ0n) is 10.2. The Morgan fingerprint density at radius 2 is 1.94 bits per heavy atom. The largest absolute Gasteiger partial charge is 0.491 e. The molecule has 1 aliphatic carbocycles. The first-order valence-electron chi connectivity index (χ1n) is 6.03. The van der Waals surface area contributed by atoms with Crippen LogP contribution >= 0.6 is 0 Å². The third-order valence-corrected chi connectivity index (χ3v) is 3.14. The van der Waals surface area contributed by atoms with E-state index >= 15 is 0 Å². The molecule has 2 nitrogen and oxygen atoms in total. The molecule has 1 N–H and O–H groups in total. The summed E-state index contributed by atoms with van der Waals surface area (Å²) >= 11 is 0. The monoisotopic (exact) mass is 220 g/mol. The van der Waals surface area contributed by atoms with Gasteiger partial charge in [-0.2, -0.15) is 0 Å². The summed E-state index contributed by atoms with van der Waals surface area (Å²) in [6.07, 6.45) is 1.07. The maximum atomic E-state index is 9.56. The molecule has 88 valence electrons. The molecule has 0 aromatic heterocycles. The third-order valence-electron chi connectivity index (χ3n) is 3.14. The van der Waals surface area contributed by atoms with Crippen molar-refractivity contribution in [3.05, 3.63) is 29.8 Å². The second-order valence-corrected chi connectivity index (χ2v) is 4.95. The van der Waals surface area contributed by atoms with Crippen molar-refractivity contribution >= 4 is 0 Å². The fourth-order valence-electron chi connectivity index (χ4n) is 2.25. The van der Waals surface area contributed by atoms with Crippen molar-refractivity contribution in [2.75, 3.05) is 0 Å². The fraction of sp³-hybridized carbons (Fsp3) is 0.571. The molecule has 0 radical (unpaired) electrons. The number of aliphatic hydroxyl groups excluding tert-OH is 1. The summed E-state index contributed by atoms with van der Waals surface area (Å²) < 4.78 is 5.79. The Hall–Kier alpha value is -1.02. The molecule has 1 aromatic rings. The Morgan fingerprint density at radius 1 is 1.25 bits per heavy atom. The van der Waals surface area contributed by atoms with Gasteiger partial charge in [0.15, 0.2) is 0 Å². The van der Waals surface area contributed by atoms with E-state index in [-0.39, 0.29) is 12.2 Å². The van der Waals surface area contributed by atoms with Crippen LogP contribution in [0, 0.1) is 5.92 Å². The van der Waals surface area contributed by atoms with Crippen LogP contribution in [0.2, 0.25) is 0 Å². The third kappa shape index (κ3) is 2.38. The molecule has 0 spiro atoms. The van der Waals surface area contributed by atoms with Gasteiger partial charge < -0.3 is 9.84 Å². The molecule has 1 fully saturated rings. The molecule has 0 heterocycles. The van der Waals surface area contributed by atoms with Crippen molar-refractivity contribution in [3.63, 3.8) is 0 Å². The van der Waals surface area contributed by atoms with Crippen LogP contribution in [-0.2, 0) is 0 Å². The molecular formula is C14H20O2. The summed E-state index contributed by atoms with van der Waals surface area (Å²) in [5.41, 5.74) is 1.25. The summed E-state index contributed by atoms with van der Waals surface area (Å²) in [5, 5.41) is 9.56. The molecule has 1 aromatic carbocycles. The Morgan fingerprint density at radius 3 is 2.50 bits per heavy atom. The van der Waals surface area contributed by atoms with E-state index < -0.39 is 0 Å². The highest BCUT2D eigenvalue weighted by Crippen LogP contribution is 2.52. The van der Waals surface area contributed by atoms with E-state index in [9.17, 15) is 5.11 Å². The molecule has 1 aliphatic rings. The average Bonchev–Trinajstić information content (AvgIpc) is 2.97. The minimum Gasteiger partial charge on any atom is -0.491 e. The summed E-state index contributed by atoms with van der Waals surface area (Å²) in [5.74, 6) is 1.87. The lowest BCUT2D eigenvalue weighted by Gasteiger charge is -2.14. The minimum absolute atomic E-state index is 0.199. The molecule has 3 atom stereocenters. The van der Waals surface area contributed by atoms with Gasteiger partial charge in [0, 0.05) is 0 Å². The van der Waals surface area contributed by atoms with Crippen LogP contribution in [0.25, 0.3) is 0 Å². The van der Waals surface area contributed by atoms with E-state index in [4.69, 9.17) is 4.74 Å². The van der Waals surface area contributed by atoms with Crippen LogP contribution in [0.1, 0.15) is 38.7 Å².